The van der Waals surface area contributed by atoms with Crippen molar-refractivity contribution in [1.82, 2.24) is 4.98 Å². The number of hydrogen-bond acceptors (Lipinski definition) is 5. The molecule has 0 unspecified atom stereocenters. The summed E-state index contributed by atoms with van der Waals surface area (Å²) in [5.41, 5.74) is 1.17. The van der Waals surface area contributed by atoms with Crippen molar-refractivity contribution in [2.24, 2.45) is 0 Å². The lowest BCUT2D eigenvalue weighted by molar-refractivity contribution is 0.0601. The molecule has 0 spiro atoms. The Morgan fingerprint density at radius 1 is 1.53 bits per heavy atom. The van der Waals surface area contributed by atoms with Crippen LogP contribution in [0.5, 0.6) is 0 Å². The van der Waals surface area contributed by atoms with Crippen molar-refractivity contribution in [1.29, 1.82) is 0 Å². The highest BCUT2D eigenvalue weighted by Gasteiger charge is 2.09. The molecule has 4 nitrogen and oxygen atoms in total. The molecule has 0 aliphatic heterocycles. The summed E-state index contributed by atoms with van der Waals surface area (Å²) in [6.07, 6.45) is 1.82. The largest absolute Gasteiger partial charge is 0.465 e. The Kier molecular flexibility index (Phi) is 4.39. The van der Waals surface area contributed by atoms with Crippen molar-refractivity contribution in [2.45, 2.75) is 13.5 Å². The van der Waals surface area contributed by atoms with Gasteiger partial charge in [-0.3, -0.25) is 0 Å². The van der Waals surface area contributed by atoms with Gasteiger partial charge in [-0.15, -0.1) is 11.3 Å². The van der Waals surface area contributed by atoms with Gasteiger partial charge in [-0.05, 0) is 25.1 Å². The Labute approximate surface area is 120 Å². The predicted molar refractivity (Wildman–Crippen MR) is 77.0 cm³/mol. The normalized spacial score (nSPS) is 10.3. The third kappa shape index (κ3) is 3.45. The van der Waals surface area contributed by atoms with E-state index < -0.39 is 0 Å². The fourth-order valence-corrected chi connectivity index (χ4v) is 2.49. The summed E-state index contributed by atoms with van der Waals surface area (Å²) < 4.78 is 4.68. The number of aromatic nitrogens is 1. The Morgan fingerprint density at radius 3 is 2.95 bits per heavy atom. The van der Waals surface area contributed by atoms with Gasteiger partial charge in [0.2, 0.25) is 0 Å². The second-order valence-electron chi connectivity index (χ2n) is 3.89. The first-order valence-corrected chi connectivity index (χ1v) is 6.82. The molecule has 100 valence electrons. The first-order chi connectivity index (χ1) is 9.10. The van der Waals surface area contributed by atoms with E-state index in [9.17, 15) is 4.79 Å². The van der Waals surface area contributed by atoms with E-state index in [4.69, 9.17) is 11.6 Å². The minimum absolute atomic E-state index is 0.381. The van der Waals surface area contributed by atoms with E-state index in [1.807, 2.05) is 13.1 Å². The minimum atomic E-state index is -0.381. The van der Waals surface area contributed by atoms with Crippen LogP contribution in [0, 0.1) is 6.92 Å². The number of thiazole rings is 1. The summed E-state index contributed by atoms with van der Waals surface area (Å²) in [6, 6.07) is 4.99. The summed E-state index contributed by atoms with van der Waals surface area (Å²) in [5.74, 6) is -0.381. The highest BCUT2D eigenvalue weighted by atomic mass is 35.5. The number of nitrogens with one attached hydrogen (secondary N) is 1. The van der Waals surface area contributed by atoms with Crippen LogP contribution >= 0.6 is 22.9 Å². The number of aryl methyl sites for hydroxylation is 1. The van der Waals surface area contributed by atoms with E-state index in [-0.39, 0.29) is 5.97 Å². The summed E-state index contributed by atoms with van der Waals surface area (Å²) >= 11 is 7.71. The molecular weight excluding hydrogens is 284 g/mol. The zero-order valence-corrected chi connectivity index (χ0v) is 12.1. The van der Waals surface area contributed by atoms with Gasteiger partial charge < -0.3 is 10.1 Å². The zero-order chi connectivity index (χ0) is 13.8. The summed E-state index contributed by atoms with van der Waals surface area (Å²) in [7, 11) is 1.35. The molecule has 19 heavy (non-hydrogen) atoms. The maximum Gasteiger partial charge on any atom is 0.337 e. The van der Waals surface area contributed by atoms with Crippen molar-refractivity contribution < 1.29 is 9.53 Å². The molecule has 1 aromatic heterocycles. The van der Waals surface area contributed by atoms with Crippen LogP contribution in [-0.4, -0.2) is 18.1 Å². The van der Waals surface area contributed by atoms with Gasteiger partial charge in [-0.1, -0.05) is 11.6 Å². The van der Waals surface area contributed by atoms with Gasteiger partial charge in [0.05, 0.1) is 34.9 Å². The van der Waals surface area contributed by atoms with Crippen molar-refractivity contribution in [3.05, 3.63) is 44.9 Å². The average Bonchev–Trinajstić information content (AvgIpc) is 2.82. The van der Waals surface area contributed by atoms with Gasteiger partial charge in [0.25, 0.3) is 0 Å². The number of carbonyl (C=O) groups excluding carboxylic acids is 1. The number of benzene rings is 1. The van der Waals surface area contributed by atoms with E-state index in [0.29, 0.717) is 22.8 Å². The molecule has 2 aromatic rings. The van der Waals surface area contributed by atoms with Gasteiger partial charge >= 0.3 is 5.97 Å². The predicted octanol–water partition coefficient (Wildman–Crippen LogP) is 3.50. The van der Waals surface area contributed by atoms with E-state index in [1.165, 1.54) is 7.11 Å². The quantitative estimate of drug-likeness (QED) is 0.877. The maximum absolute atomic E-state index is 11.5. The highest BCUT2D eigenvalue weighted by molar-refractivity contribution is 7.11. The lowest BCUT2D eigenvalue weighted by atomic mass is 10.2. The van der Waals surface area contributed by atoms with Gasteiger partial charge in [-0.2, -0.15) is 0 Å². The minimum Gasteiger partial charge on any atom is -0.465 e. The first-order valence-electron chi connectivity index (χ1n) is 5.63. The molecule has 1 heterocycles. The van der Waals surface area contributed by atoms with Crippen molar-refractivity contribution in [2.75, 3.05) is 12.4 Å². The topological polar surface area (TPSA) is 51.2 Å². The Balaban J connectivity index is 2.12. The average molecular weight is 297 g/mol. The molecule has 0 bridgehead atoms. The summed E-state index contributed by atoms with van der Waals surface area (Å²) in [4.78, 5) is 16.7. The standard InChI is InChI=1S/C13H13ClN2O2S/c1-8-15-6-10(19-8)7-16-12-5-9(13(17)18-2)3-4-11(12)14/h3-6,16H,7H2,1-2H3. The Morgan fingerprint density at radius 2 is 2.32 bits per heavy atom. The molecule has 0 radical (unpaired) electrons. The number of ether oxygens (including phenoxy) is 1. The van der Waals surface area contributed by atoms with Crippen LogP contribution in [0.4, 0.5) is 5.69 Å². The molecule has 1 aromatic carbocycles. The lowest BCUT2D eigenvalue weighted by Gasteiger charge is -2.08. The number of anilines is 1. The SMILES string of the molecule is COC(=O)c1ccc(Cl)c(NCc2cnc(C)s2)c1. The van der Waals surface area contributed by atoms with Gasteiger partial charge in [0, 0.05) is 11.1 Å². The number of methoxy groups -OCH3 is 1. The number of esters is 1. The van der Waals surface area contributed by atoms with E-state index in [0.717, 1.165) is 9.88 Å². The van der Waals surface area contributed by atoms with Gasteiger partial charge in [0.15, 0.2) is 0 Å². The second kappa shape index (κ2) is 6.04. The van der Waals surface area contributed by atoms with Crippen molar-refractivity contribution in [3.63, 3.8) is 0 Å². The molecule has 1 N–H and O–H groups in total. The monoisotopic (exact) mass is 296 g/mol. The molecule has 0 saturated heterocycles. The smallest absolute Gasteiger partial charge is 0.337 e. The third-order valence-corrected chi connectivity index (χ3v) is 3.75. The van der Waals surface area contributed by atoms with Crippen LogP contribution in [0.3, 0.4) is 0 Å². The second-order valence-corrected chi connectivity index (χ2v) is 5.61. The Bertz CT molecular complexity index is 598. The van der Waals surface area contributed by atoms with Crippen molar-refractivity contribution >= 4 is 34.6 Å². The van der Waals surface area contributed by atoms with E-state index >= 15 is 0 Å². The molecule has 0 saturated carbocycles. The Hall–Kier alpha value is -1.59. The number of nitrogens with zero attached hydrogens (tertiary/aromatic N) is 1. The number of carbonyl (C=O) groups is 1. The van der Waals surface area contributed by atoms with Crippen LogP contribution < -0.4 is 5.32 Å². The molecule has 0 aliphatic rings. The highest BCUT2D eigenvalue weighted by Crippen LogP contribution is 2.24. The van der Waals surface area contributed by atoms with Crippen LogP contribution in [0.25, 0.3) is 0 Å². The summed E-state index contributed by atoms with van der Waals surface area (Å²) in [6.45, 7) is 2.58. The fourth-order valence-electron chi connectivity index (χ4n) is 1.57. The summed E-state index contributed by atoms with van der Waals surface area (Å²) in [5, 5.41) is 4.78. The van der Waals surface area contributed by atoms with Crippen LogP contribution in [-0.2, 0) is 11.3 Å². The molecule has 0 fully saturated rings. The van der Waals surface area contributed by atoms with E-state index in [1.54, 1.807) is 29.5 Å². The van der Waals surface area contributed by atoms with Crippen LogP contribution in [0.1, 0.15) is 20.2 Å². The molecule has 0 atom stereocenters. The third-order valence-electron chi connectivity index (χ3n) is 2.51. The first kappa shape index (κ1) is 13.8. The van der Waals surface area contributed by atoms with Crippen molar-refractivity contribution in [3.8, 4) is 0 Å². The number of halogens is 1. The molecular formula is C13H13ClN2O2S. The molecule has 6 heteroatoms. The lowest BCUT2D eigenvalue weighted by Crippen LogP contribution is -2.04. The zero-order valence-electron chi connectivity index (χ0n) is 10.6. The number of hydrogen-bond donors (Lipinski definition) is 1. The molecule has 0 amide bonds. The van der Waals surface area contributed by atoms with E-state index in [2.05, 4.69) is 15.0 Å². The molecule has 2 rings (SSSR count). The van der Waals surface area contributed by atoms with Gasteiger partial charge in [-0.25, -0.2) is 9.78 Å². The fraction of sp³-hybridized carbons (Fsp3) is 0.231. The van der Waals surface area contributed by atoms with Gasteiger partial charge in [0.1, 0.15) is 0 Å². The molecule has 0 aliphatic carbocycles. The van der Waals surface area contributed by atoms with Crippen LogP contribution in [0.2, 0.25) is 5.02 Å². The maximum atomic E-state index is 11.5. The van der Waals surface area contributed by atoms with Crippen LogP contribution in [0.15, 0.2) is 24.4 Å². The number of rotatable bonds is 4.